The number of hydrogen-bond donors (Lipinski definition) is 1. The van der Waals surface area contributed by atoms with Crippen LogP contribution < -0.4 is 10.1 Å². The first-order valence-corrected chi connectivity index (χ1v) is 10.4. The minimum atomic E-state index is -4.57. The van der Waals surface area contributed by atoms with Crippen LogP contribution in [0.5, 0.6) is 11.6 Å². The number of ether oxygens (including phenoxy) is 1. The van der Waals surface area contributed by atoms with Gasteiger partial charge in [-0.15, -0.1) is 0 Å². The fraction of sp³-hybridized carbons (Fsp3) is 0.0909. The fourth-order valence-electron chi connectivity index (χ4n) is 2.92. The minimum Gasteiger partial charge on any atom is -0.438 e. The number of nitrogens with zero attached hydrogens (tertiary/aromatic N) is 4. The second-order valence-corrected chi connectivity index (χ2v) is 7.73. The molecule has 0 aliphatic rings. The Kier molecular flexibility index (Phi) is 6.71. The van der Waals surface area contributed by atoms with Gasteiger partial charge in [0.1, 0.15) is 11.4 Å². The monoisotopic (exact) mass is 507 g/mol. The lowest BCUT2D eigenvalue weighted by Crippen LogP contribution is -2.25. The highest BCUT2D eigenvalue weighted by Crippen LogP contribution is 2.28. The molecule has 3 aromatic heterocycles. The van der Waals surface area contributed by atoms with E-state index in [1.807, 2.05) is 0 Å². The van der Waals surface area contributed by atoms with E-state index in [0.29, 0.717) is 33.5 Å². The predicted octanol–water partition coefficient (Wildman–Crippen LogP) is 5.71. The van der Waals surface area contributed by atoms with E-state index in [1.165, 1.54) is 12.3 Å². The van der Waals surface area contributed by atoms with Crippen molar-refractivity contribution in [3.8, 4) is 17.4 Å². The van der Waals surface area contributed by atoms with Gasteiger partial charge in [0.05, 0.1) is 22.4 Å². The van der Waals surface area contributed by atoms with Gasteiger partial charge in [-0.25, -0.2) is 15.0 Å². The zero-order valence-corrected chi connectivity index (χ0v) is 18.6. The average Bonchev–Trinajstić information content (AvgIpc) is 3.28. The number of nitrogens with one attached hydrogen (secondary N) is 1. The van der Waals surface area contributed by atoms with Crippen LogP contribution in [0.2, 0.25) is 10.0 Å². The topological polar surface area (TPSA) is 81.9 Å². The van der Waals surface area contributed by atoms with Gasteiger partial charge in [0.15, 0.2) is 11.5 Å². The third-order valence-electron chi connectivity index (χ3n) is 4.52. The summed E-state index contributed by atoms with van der Waals surface area (Å²) in [5.41, 5.74) is -0.0105. The number of benzene rings is 1. The van der Waals surface area contributed by atoms with Crippen LogP contribution in [0.4, 0.5) is 13.2 Å². The molecule has 1 amide bonds. The molecule has 0 fully saturated rings. The van der Waals surface area contributed by atoms with E-state index in [4.69, 9.17) is 27.9 Å². The number of aromatic nitrogens is 4. The van der Waals surface area contributed by atoms with Crippen LogP contribution in [0.25, 0.3) is 5.82 Å². The Morgan fingerprint density at radius 1 is 1.03 bits per heavy atom. The quantitative estimate of drug-likeness (QED) is 0.361. The standard InChI is InChI=1S/C22H14Cl2F3N5O2/c23-14-8-16(24)20(30-10-14)32-7-1-2-17(32)21(33)31-9-13-3-5-15(6-4-13)34-19-12-28-18(11-29-19)22(25,26)27/h1-8,10-12H,9H2,(H,31,33). The molecule has 3 heterocycles. The Balaban J connectivity index is 1.38. The smallest absolute Gasteiger partial charge is 0.434 e. The first-order chi connectivity index (χ1) is 16.2. The SMILES string of the molecule is O=C(NCc1ccc(Oc2cnc(C(F)(F)F)cn2)cc1)c1cccn1-c1ncc(Cl)cc1Cl. The Hall–Kier alpha value is -3.63. The Morgan fingerprint density at radius 3 is 2.44 bits per heavy atom. The fourth-order valence-corrected chi connectivity index (χ4v) is 3.39. The molecule has 0 bridgehead atoms. The molecule has 7 nitrogen and oxygen atoms in total. The molecule has 0 saturated carbocycles. The Labute approximate surface area is 201 Å². The third kappa shape index (κ3) is 5.46. The van der Waals surface area contributed by atoms with Crippen LogP contribution in [0.15, 0.2) is 67.3 Å². The molecule has 1 N–H and O–H groups in total. The van der Waals surface area contributed by atoms with E-state index in [1.54, 1.807) is 47.2 Å². The van der Waals surface area contributed by atoms with Crippen LogP contribution in [0.3, 0.4) is 0 Å². The van der Waals surface area contributed by atoms with E-state index in [9.17, 15) is 18.0 Å². The molecule has 34 heavy (non-hydrogen) atoms. The minimum absolute atomic E-state index is 0.0794. The van der Waals surface area contributed by atoms with Crippen LogP contribution in [-0.2, 0) is 12.7 Å². The van der Waals surface area contributed by atoms with Gasteiger partial charge >= 0.3 is 6.18 Å². The van der Waals surface area contributed by atoms with Crippen LogP contribution in [0.1, 0.15) is 21.7 Å². The zero-order chi connectivity index (χ0) is 24.3. The van der Waals surface area contributed by atoms with Gasteiger partial charge in [0.2, 0.25) is 5.88 Å². The van der Waals surface area contributed by atoms with Gasteiger partial charge < -0.3 is 10.1 Å². The molecule has 0 unspecified atom stereocenters. The van der Waals surface area contributed by atoms with Crippen molar-refractivity contribution in [3.63, 3.8) is 0 Å². The van der Waals surface area contributed by atoms with E-state index < -0.39 is 11.9 Å². The van der Waals surface area contributed by atoms with E-state index in [2.05, 4.69) is 20.3 Å². The molecule has 0 saturated heterocycles. The lowest BCUT2D eigenvalue weighted by Gasteiger charge is -2.11. The molecule has 1 aromatic carbocycles. The molecule has 0 spiro atoms. The maximum atomic E-state index is 12.7. The van der Waals surface area contributed by atoms with Gasteiger partial charge in [-0.05, 0) is 35.9 Å². The lowest BCUT2D eigenvalue weighted by molar-refractivity contribution is -0.141. The van der Waals surface area contributed by atoms with Crippen molar-refractivity contribution in [1.29, 1.82) is 0 Å². The summed E-state index contributed by atoms with van der Waals surface area (Å²) in [6.07, 6.45) is 0.0180. The van der Waals surface area contributed by atoms with Gasteiger partial charge in [-0.1, -0.05) is 35.3 Å². The lowest BCUT2D eigenvalue weighted by atomic mass is 10.2. The highest BCUT2D eigenvalue weighted by atomic mass is 35.5. The second-order valence-electron chi connectivity index (χ2n) is 6.89. The van der Waals surface area contributed by atoms with E-state index >= 15 is 0 Å². The number of alkyl halides is 3. The molecule has 0 aliphatic carbocycles. The van der Waals surface area contributed by atoms with Crippen molar-refractivity contribution in [1.82, 2.24) is 24.8 Å². The number of rotatable bonds is 6. The zero-order valence-electron chi connectivity index (χ0n) is 17.1. The summed E-state index contributed by atoms with van der Waals surface area (Å²) in [6, 6.07) is 11.4. The van der Waals surface area contributed by atoms with Crippen molar-refractivity contribution in [3.05, 3.63) is 94.2 Å². The first kappa shape index (κ1) is 23.5. The van der Waals surface area contributed by atoms with E-state index in [-0.39, 0.29) is 18.3 Å². The number of carbonyl (C=O) groups is 1. The molecular formula is C22H14Cl2F3N5O2. The van der Waals surface area contributed by atoms with Crippen molar-refractivity contribution >= 4 is 29.1 Å². The predicted molar refractivity (Wildman–Crippen MR) is 118 cm³/mol. The highest BCUT2D eigenvalue weighted by Gasteiger charge is 2.32. The van der Waals surface area contributed by atoms with E-state index in [0.717, 1.165) is 11.8 Å². The van der Waals surface area contributed by atoms with Crippen LogP contribution in [-0.4, -0.2) is 25.4 Å². The summed E-state index contributed by atoms with van der Waals surface area (Å²) >= 11 is 12.1. The molecule has 174 valence electrons. The first-order valence-electron chi connectivity index (χ1n) is 9.64. The molecule has 4 rings (SSSR count). The maximum absolute atomic E-state index is 12.7. The summed E-state index contributed by atoms with van der Waals surface area (Å²) in [5, 5.41) is 3.48. The maximum Gasteiger partial charge on any atom is 0.434 e. The number of amides is 1. The van der Waals surface area contributed by atoms with Crippen molar-refractivity contribution < 1.29 is 22.7 Å². The van der Waals surface area contributed by atoms with Crippen LogP contribution >= 0.6 is 23.2 Å². The number of halogens is 5. The molecule has 4 aromatic rings. The summed E-state index contributed by atoms with van der Waals surface area (Å²) in [4.78, 5) is 23.8. The van der Waals surface area contributed by atoms with Crippen molar-refractivity contribution in [2.24, 2.45) is 0 Å². The summed E-state index contributed by atoms with van der Waals surface area (Å²) in [7, 11) is 0. The number of carbonyl (C=O) groups excluding carboxylic acids is 1. The third-order valence-corrected chi connectivity index (χ3v) is 5.00. The largest absolute Gasteiger partial charge is 0.438 e. The van der Waals surface area contributed by atoms with Crippen molar-refractivity contribution in [2.75, 3.05) is 0 Å². The summed E-state index contributed by atoms with van der Waals surface area (Å²) in [5.74, 6) is 0.290. The molecular weight excluding hydrogens is 494 g/mol. The second kappa shape index (κ2) is 9.70. The van der Waals surface area contributed by atoms with Crippen molar-refractivity contribution in [2.45, 2.75) is 12.7 Å². The number of hydrogen-bond acceptors (Lipinski definition) is 5. The van der Waals surface area contributed by atoms with Gasteiger partial charge in [-0.3, -0.25) is 9.36 Å². The van der Waals surface area contributed by atoms with Crippen LogP contribution in [0, 0.1) is 0 Å². The molecule has 0 aliphatic heterocycles. The molecule has 0 radical (unpaired) electrons. The average molecular weight is 508 g/mol. The normalized spacial score (nSPS) is 11.3. The molecule has 0 atom stereocenters. The summed E-state index contributed by atoms with van der Waals surface area (Å²) < 4.78 is 44.6. The number of pyridine rings is 1. The summed E-state index contributed by atoms with van der Waals surface area (Å²) in [6.45, 7) is 0.214. The highest BCUT2D eigenvalue weighted by molar-refractivity contribution is 6.35. The Morgan fingerprint density at radius 2 is 1.79 bits per heavy atom. The van der Waals surface area contributed by atoms with Gasteiger partial charge in [-0.2, -0.15) is 13.2 Å². The van der Waals surface area contributed by atoms with Gasteiger partial charge in [0, 0.05) is 18.9 Å². The molecule has 12 heteroatoms. The Bertz CT molecular complexity index is 1310. The van der Waals surface area contributed by atoms with Gasteiger partial charge in [0.25, 0.3) is 5.91 Å².